The summed E-state index contributed by atoms with van der Waals surface area (Å²) < 4.78 is 5.22. The molecule has 3 heteroatoms. The van der Waals surface area contributed by atoms with Crippen molar-refractivity contribution in [2.45, 2.75) is 32.7 Å². The van der Waals surface area contributed by atoms with Gasteiger partial charge >= 0.3 is 6.09 Å². The Balaban J connectivity index is 1.94. The number of amides is 1. The molecular weight excluding hydrogens is 262 g/mol. The molecule has 1 unspecified atom stereocenters. The zero-order chi connectivity index (χ0) is 15.2. The third-order valence-electron chi connectivity index (χ3n) is 3.39. The van der Waals surface area contributed by atoms with Gasteiger partial charge in [-0.1, -0.05) is 56.3 Å². The Hall–Kier alpha value is -2.29. The lowest BCUT2D eigenvalue weighted by Crippen LogP contribution is -2.29. The van der Waals surface area contributed by atoms with Gasteiger partial charge in [-0.25, -0.2) is 4.79 Å². The highest BCUT2D eigenvalue weighted by atomic mass is 16.6. The Morgan fingerprint density at radius 2 is 1.48 bits per heavy atom. The SMILES string of the molecule is CC(C)c1ccc(C(C)NC(=O)Oc2ccccc2)cc1. The van der Waals surface area contributed by atoms with Crippen LogP contribution in [0.2, 0.25) is 0 Å². The van der Waals surface area contributed by atoms with E-state index in [1.165, 1.54) is 5.56 Å². The molecule has 1 N–H and O–H groups in total. The second kappa shape index (κ2) is 6.93. The zero-order valence-corrected chi connectivity index (χ0v) is 12.7. The Morgan fingerprint density at radius 1 is 0.905 bits per heavy atom. The number of hydrogen-bond acceptors (Lipinski definition) is 2. The third-order valence-corrected chi connectivity index (χ3v) is 3.39. The minimum Gasteiger partial charge on any atom is -0.410 e. The summed E-state index contributed by atoms with van der Waals surface area (Å²) in [6, 6.07) is 17.2. The van der Waals surface area contributed by atoms with Crippen LogP contribution in [0.1, 0.15) is 43.9 Å². The largest absolute Gasteiger partial charge is 0.413 e. The highest BCUT2D eigenvalue weighted by molar-refractivity contribution is 5.70. The average molecular weight is 283 g/mol. The van der Waals surface area contributed by atoms with Crippen molar-refractivity contribution in [3.8, 4) is 5.75 Å². The summed E-state index contributed by atoms with van der Waals surface area (Å²) >= 11 is 0. The summed E-state index contributed by atoms with van der Waals surface area (Å²) in [4.78, 5) is 11.8. The zero-order valence-electron chi connectivity index (χ0n) is 12.7. The van der Waals surface area contributed by atoms with Gasteiger partial charge < -0.3 is 10.1 Å². The molecule has 0 saturated carbocycles. The standard InChI is InChI=1S/C18H21NO2/c1-13(2)15-9-11-16(12-10-15)14(3)19-18(20)21-17-7-5-4-6-8-17/h4-14H,1-3H3,(H,19,20). The van der Waals surface area contributed by atoms with E-state index in [2.05, 4.69) is 31.3 Å². The quantitative estimate of drug-likeness (QED) is 0.886. The molecule has 0 aliphatic rings. The first kappa shape index (κ1) is 15.1. The number of carbonyl (C=O) groups excluding carboxylic acids is 1. The number of benzene rings is 2. The maximum atomic E-state index is 11.8. The van der Waals surface area contributed by atoms with E-state index in [0.29, 0.717) is 11.7 Å². The lowest BCUT2D eigenvalue weighted by atomic mass is 10.00. The van der Waals surface area contributed by atoms with E-state index in [1.807, 2.05) is 37.3 Å². The van der Waals surface area contributed by atoms with E-state index in [4.69, 9.17) is 4.74 Å². The maximum absolute atomic E-state index is 11.8. The van der Waals surface area contributed by atoms with Crippen LogP contribution in [0.4, 0.5) is 4.79 Å². The molecule has 0 saturated heterocycles. The van der Waals surface area contributed by atoms with E-state index < -0.39 is 6.09 Å². The molecule has 3 nitrogen and oxygen atoms in total. The number of para-hydroxylation sites is 1. The van der Waals surface area contributed by atoms with Crippen LogP contribution in [0.25, 0.3) is 0 Å². The maximum Gasteiger partial charge on any atom is 0.413 e. The first-order valence-electron chi connectivity index (χ1n) is 7.19. The topological polar surface area (TPSA) is 38.3 Å². The minimum atomic E-state index is -0.443. The van der Waals surface area contributed by atoms with Crippen LogP contribution in [0.15, 0.2) is 54.6 Å². The molecular formula is C18H21NO2. The molecule has 110 valence electrons. The molecule has 0 aliphatic heterocycles. The Morgan fingerprint density at radius 3 is 2.05 bits per heavy atom. The molecule has 0 bridgehead atoms. The summed E-state index contributed by atoms with van der Waals surface area (Å²) in [7, 11) is 0. The van der Waals surface area contributed by atoms with Crippen molar-refractivity contribution < 1.29 is 9.53 Å². The Labute approximate surface area is 126 Å². The minimum absolute atomic E-state index is 0.0950. The predicted octanol–water partition coefficient (Wildman–Crippen LogP) is 4.66. The van der Waals surface area contributed by atoms with Crippen LogP contribution in [-0.2, 0) is 0 Å². The van der Waals surface area contributed by atoms with Crippen LogP contribution in [0.5, 0.6) is 5.75 Å². The van der Waals surface area contributed by atoms with Gasteiger partial charge in [-0.15, -0.1) is 0 Å². The van der Waals surface area contributed by atoms with E-state index in [9.17, 15) is 4.79 Å². The van der Waals surface area contributed by atoms with Crippen LogP contribution >= 0.6 is 0 Å². The van der Waals surface area contributed by atoms with Crippen LogP contribution in [0.3, 0.4) is 0 Å². The highest BCUT2D eigenvalue weighted by Gasteiger charge is 2.11. The summed E-state index contributed by atoms with van der Waals surface area (Å²) in [6.45, 7) is 6.26. The molecule has 0 aliphatic carbocycles. The molecule has 0 spiro atoms. The van der Waals surface area contributed by atoms with Gasteiger partial charge in [-0.05, 0) is 36.1 Å². The molecule has 0 aromatic heterocycles. The second-order valence-electron chi connectivity index (χ2n) is 5.39. The molecule has 2 aromatic rings. The van der Waals surface area contributed by atoms with Gasteiger partial charge in [0, 0.05) is 0 Å². The van der Waals surface area contributed by atoms with Crippen molar-refractivity contribution in [2.75, 3.05) is 0 Å². The van der Waals surface area contributed by atoms with Gasteiger partial charge in [-0.3, -0.25) is 0 Å². The first-order valence-corrected chi connectivity index (χ1v) is 7.19. The first-order chi connectivity index (χ1) is 10.1. The van der Waals surface area contributed by atoms with Crippen molar-refractivity contribution in [3.05, 3.63) is 65.7 Å². The van der Waals surface area contributed by atoms with Gasteiger partial charge in [0.1, 0.15) is 5.75 Å². The molecule has 2 rings (SSSR count). The number of carbonyl (C=O) groups is 1. The number of hydrogen-bond donors (Lipinski definition) is 1. The van der Waals surface area contributed by atoms with E-state index in [1.54, 1.807) is 12.1 Å². The normalized spacial score (nSPS) is 12.0. The summed E-state index contributed by atoms with van der Waals surface area (Å²) in [5.74, 6) is 1.04. The lowest BCUT2D eigenvalue weighted by Gasteiger charge is -2.15. The fourth-order valence-corrected chi connectivity index (χ4v) is 2.05. The third kappa shape index (κ3) is 4.35. The van der Waals surface area contributed by atoms with Crippen molar-refractivity contribution in [2.24, 2.45) is 0 Å². The summed E-state index contributed by atoms with van der Waals surface area (Å²) in [5, 5.41) is 2.83. The monoisotopic (exact) mass is 283 g/mol. The van der Waals surface area contributed by atoms with Crippen molar-refractivity contribution in [1.82, 2.24) is 5.32 Å². The summed E-state index contributed by atoms with van der Waals surface area (Å²) in [5.41, 5.74) is 2.35. The van der Waals surface area contributed by atoms with Gasteiger partial charge in [0.15, 0.2) is 0 Å². The van der Waals surface area contributed by atoms with Gasteiger partial charge in [0.25, 0.3) is 0 Å². The molecule has 21 heavy (non-hydrogen) atoms. The Kier molecular flexibility index (Phi) is 4.99. The van der Waals surface area contributed by atoms with Gasteiger partial charge in [0.2, 0.25) is 0 Å². The second-order valence-corrected chi connectivity index (χ2v) is 5.39. The average Bonchev–Trinajstić information content (AvgIpc) is 2.48. The smallest absolute Gasteiger partial charge is 0.410 e. The van der Waals surface area contributed by atoms with E-state index in [-0.39, 0.29) is 6.04 Å². The van der Waals surface area contributed by atoms with Crippen molar-refractivity contribution >= 4 is 6.09 Å². The fourth-order valence-electron chi connectivity index (χ4n) is 2.05. The molecule has 1 atom stereocenters. The fraction of sp³-hybridized carbons (Fsp3) is 0.278. The molecule has 0 heterocycles. The van der Waals surface area contributed by atoms with Gasteiger partial charge in [-0.2, -0.15) is 0 Å². The molecule has 0 radical (unpaired) electrons. The van der Waals surface area contributed by atoms with Crippen molar-refractivity contribution in [3.63, 3.8) is 0 Å². The van der Waals surface area contributed by atoms with Crippen molar-refractivity contribution in [1.29, 1.82) is 0 Å². The highest BCUT2D eigenvalue weighted by Crippen LogP contribution is 2.19. The lowest BCUT2D eigenvalue weighted by molar-refractivity contribution is 0.197. The molecule has 1 amide bonds. The summed E-state index contributed by atoms with van der Waals surface area (Å²) in [6.07, 6.45) is -0.443. The van der Waals surface area contributed by atoms with E-state index in [0.717, 1.165) is 5.56 Å². The van der Waals surface area contributed by atoms with E-state index >= 15 is 0 Å². The van der Waals surface area contributed by atoms with Crippen LogP contribution in [0, 0.1) is 0 Å². The number of rotatable bonds is 4. The Bertz CT molecular complexity index is 576. The molecule has 2 aromatic carbocycles. The van der Waals surface area contributed by atoms with Crippen LogP contribution < -0.4 is 10.1 Å². The predicted molar refractivity (Wildman–Crippen MR) is 84.5 cm³/mol. The van der Waals surface area contributed by atoms with Gasteiger partial charge in [0.05, 0.1) is 6.04 Å². The van der Waals surface area contributed by atoms with Crippen LogP contribution in [-0.4, -0.2) is 6.09 Å². The number of ether oxygens (including phenoxy) is 1. The number of nitrogens with one attached hydrogen (secondary N) is 1. The molecule has 0 fully saturated rings.